The summed E-state index contributed by atoms with van der Waals surface area (Å²) in [6.07, 6.45) is 4.41. The van der Waals surface area contributed by atoms with Gasteiger partial charge >= 0.3 is 0 Å². The molecule has 1 aromatic carbocycles. The third-order valence-electron chi connectivity index (χ3n) is 4.33. The average molecular weight is 314 g/mol. The van der Waals surface area contributed by atoms with E-state index in [1.807, 2.05) is 30.3 Å². The van der Waals surface area contributed by atoms with Gasteiger partial charge in [0.2, 0.25) is 11.7 Å². The summed E-state index contributed by atoms with van der Waals surface area (Å²) in [5.74, 6) is 0.805. The van der Waals surface area contributed by atoms with Crippen LogP contribution in [0.3, 0.4) is 0 Å². The summed E-state index contributed by atoms with van der Waals surface area (Å²) < 4.78 is 0. The first-order valence-electron chi connectivity index (χ1n) is 8.09. The van der Waals surface area contributed by atoms with Gasteiger partial charge in [-0.1, -0.05) is 43.2 Å². The molecule has 1 amide bonds. The number of hydrogen-bond acceptors (Lipinski definition) is 5. The van der Waals surface area contributed by atoms with E-state index in [0.29, 0.717) is 18.3 Å². The van der Waals surface area contributed by atoms with Gasteiger partial charge in [0.1, 0.15) is 6.54 Å². The Bertz CT molecular complexity index is 641. The second-order valence-corrected chi connectivity index (χ2v) is 5.96. The molecular formula is C16H22N6O. The Morgan fingerprint density at radius 2 is 2.04 bits per heavy atom. The molecule has 2 aromatic rings. The average Bonchev–Trinajstić information content (AvgIpc) is 3.04. The zero-order chi connectivity index (χ0) is 16.1. The number of rotatable bonds is 5. The van der Waals surface area contributed by atoms with Crippen LogP contribution in [0.15, 0.2) is 30.3 Å². The first-order valence-corrected chi connectivity index (χ1v) is 8.09. The minimum Gasteiger partial charge on any atom is -0.351 e. The van der Waals surface area contributed by atoms with Crippen molar-refractivity contribution < 1.29 is 4.79 Å². The maximum absolute atomic E-state index is 12.2. The van der Waals surface area contributed by atoms with Crippen molar-refractivity contribution >= 4 is 5.91 Å². The molecule has 0 saturated heterocycles. The number of benzene rings is 1. The molecule has 3 N–H and O–H groups in total. The van der Waals surface area contributed by atoms with Gasteiger partial charge in [0, 0.05) is 11.6 Å². The number of hydrogen-bond donors (Lipinski definition) is 2. The lowest BCUT2D eigenvalue weighted by Crippen LogP contribution is -2.45. The number of aromatic nitrogens is 4. The first-order chi connectivity index (χ1) is 11.3. The Kier molecular flexibility index (Phi) is 4.97. The van der Waals surface area contributed by atoms with E-state index >= 15 is 0 Å². The summed E-state index contributed by atoms with van der Waals surface area (Å²) in [7, 11) is 0. The summed E-state index contributed by atoms with van der Waals surface area (Å²) in [6, 6.07) is 9.75. The summed E-state index contributed by atoms with van der Waals surface area (Å²) in [5, 5.41) is 15.3. The molecule has 1 aliphatic rings. The van der Waals surface area contributed by atoms with Gasteiger partial charge in [0.05, 0.1) is 0 Å². The van der Waals surface area contributed by atoms with E-state index in [1.54, 1.807) is 0 Å². The molecule has 7 heteroatoms. The monoisotopic (exact) mass is 314 g/mol. The Morgan fingerprint density at radius 3 is 2.83 bits per heavy atom. The van der Waals surface area contributed by atoms with Gasteiger partial charge in [-0.05, 0) is 30.5 Å². The molecule has 7 nitrogen and oxygen atoms in total. The molecule has 2 unspecified atom stereocenters. The van der Waals surface area contributed by atoms with Gasteiger partial charge in [0.25, 0.3) is 0 Å². The van der Waals surface area contributed by atoms with Crippen molar-refractivity contribution in [1.29, 1.82) is 0 Å². The Labute approximate surface area is 135 Å². The zero-order valence-corrected chi connectivity index (χ0v) is 13.1. The van der Waals surface area contributed by atoms with Gasteiger partial charge in [-0.15, -0.1) is 10.2 Å². The van der Waals surface area contributed by atoms with Crippen LogP contribution in [-0.2, 0) is 11.3 Å². The molecule has 1 aromatic heterocycles. The van der Waals surface area contributed by atoms with Crippen molar-refractivity contribution in [3.63, 3.8) is 0 Å². The molecule has 23 heavy (non-hydrogen) atoms. The Hall–Kier alpha value is -2.28. The van der Waals surface area contributed by atoms with Gasteiger partial charge < -0.3 is 11.1 Å². The molecule has 0 bridgehead atoms. The summed E-state index contributed by atoms with van der Waals surface area (Å²) in [4.78, 5) is 13.5. The lowest BCUT2D eigenvalue weighted by Gasteiger charge is -2.31. The fourth-order valence-corrected chi connectivity index (χ4v) is 3.07. The second kappa shape index (κ2) is 7.32. The summed E-state index contributed by atoms with van der Waals surface area (Å²) in [5.41, 5.74) is 6.68. The number of tetrazole rings is 1. The standard InChI is InChI=1S/C16H22N6O/c17-10-13-8-4-5-9-14(13)18-15(23)11-22-20-16(19-21-22)12-6-2-1-3-7-12/h1-3,6-7,13-14H,4-5,8-11,17H2,(H,18,23). The van der Waals surface area contributed by atoms with Crippen molar-refractivity contribution in [3.8, 4) is 11.4 Å². The van der Waals surface area contributed by atoms with Crippen LogP contribution in [0.25, 0.3) is 11.4 Å². The van der Waals surface area contributed by atoms with E-state index in [9.17, 15) is 4.79 Å². The number of nitrogens with two attached hydrogens (primary N) is 1. The van der Waals surface area contributed by atoms with E-state index in [2.05, 4.69) is 20.7 Å². The van der Waals surface area contributed by atoms with Crippen LogP contribution in [-0.4, -0.2) is 38.7 Å². The fraction of sp³-hybridized carbons (Fsp3) is 0.500. The lowest BCUT2D eigenvalue weighted by atomic mass is 9.84. The van der Waals surface area contributed by atoms with Crippen LogP contribution in [0.1, 0.15) is 25.7 Å². The molecule has 0 aliphatic heterocycles. The van der Waals surface area contributed by atoms with Crippen molar-refractivity contribution in [3.05, 3.63) is 30.3 Å². The molecule has 1 heterocycles. The lowest BCUT2D eigenvalue weighted by molar-refractivity contribution is -0.123. The maximum atomic E-state index is 12.2. The molecule has 0 spiro atoms. The van der Waals surface area contributed by atoms with Crippen LogP contribution in [0, 0.1) is 5.92 Å². The van der Waals surface area contributed by atoms with E-state index < -0.39 is 0 Å². The number of nitrogens with zero attached hydrogens (tertiary/aromatic N) is 4. The molecule has 1 aliphatic carbocycles. The van der Waals surface area contributed by atoms with Crippen molar-refractivity contribution in [2.45, 2.75) is 38.3 Å². The van der Waals surface area contributed by atoms with Gasteiger partial charge in [0.15, 0.2) is 0 Å². The SMILES string of the molecule is NCC1CCCCC1NC(=O)Cn1nnc(-c2ccccc2)n1. The molecule has 2 atom stereocenters. The Morgan fingerprint density at radius 1 is 1.26 bits per heavy atom. The highest BCUT2D eigenvalue weighted by Gasteiger charge is 2.25. The minimum absolute atomic E-state index is 0.0770. The number of carbonyl (C=O) groups is 1. The highest BCUT2D eigenvalue weighted by molar-refractivity contribution is 5.75. The Balaban J connectivity index is 1.59. The molecule has 1 fully saturated rings. The van der Waals surface area contributed by atoms with Gasteiger partial charge in [-0.3, -0.25) is 4.79 Å². The van der Waals surface area contributed by atoms with E-state index in [4.69, 9.17) is 5.73 Å². The predicted octanol–water partition coefficient (Wildman–Crippen LogP) is 0.974. The van der Waals surface area contributed by atoms with Crippen molar-refractivity contribution in [1.82, 2.24) is 25.5 Å². The maximum Gasteiger partial charge on any atom is 0.243 e. The molecular weight excluding hydrogens is 292 g/mol. The smallest absolute Gasteiger partial charge is 0.243 e. The number of nitrogens with one attached hydrogen (secondary N) is 1. The van der Waals surface area contributed by atoms with Crippen LogP contribution in [0.4, 0.5) is 0 Å². The van der Waals surface area contributed by atoms with Crippen molar-refractivity contribution in [2.24, 2.45) is 11.7 Å². The van der Waals surface area contributed by atoms with Gasteiger partial charge in [-0.2, -0.15) is 4.80 Å². The summed E-state index contributed by atoms with van der Waals surface area (Å²) in [6.45, 7) is 0.693. The van der Waals surface area contributed by atoms with E-state index in [1.165, 1.54) is 11.2 Å². The fourth-order valence-electron chi connectivity index (χ4n) is 3.07. The largest absolute Gasteiger partial charge is 0.351 e. The zero-order valence-electron chi connectivity index (χ0n) is 13.1. The van der Waals surface area contributed by atoms with Crippen molar-refractivity contribution in [2.75, 3.05) is 6.54 Å². The molecule has 1 saturated carbocycles. The van der Waals surface area contributed by atoms with Crippen LogP contribution < -0.4 is 11.1 Å². The minimum atomic E-state index is -0.0904. The molecule has 3 rings (SSSR count). The number of carbonyl (C=O) groups excluding carboxylic acids is 1. The highest BCUT2D eigenvalue weighted by atomic mass is 16.2. The van der Waals surface area contributed by atoms with Crippen LogP contribution in [0.2, 0.25) is 0 Å². The first kappa shape index (κ1) is 15.6. The molecule has 0 radical (unpaired) electrons. The molecule has 122 valence electrons. The number of amides is 1. The summed E-state index contributed by atoms with van der Waals surface area (Å²) >= 11 is 0. The van der Waals surface area contributed by atoms with E-state index in [-0.39, 0.29) is 18.5 Å². The quantitative estimate of drug-likeness (QED) is 0.857. The van der Waals surface area contributed by atoms with E-state index in [0.717, 1.165) is 24.8 Å². The highest BCUT2D eigenvalue weighted by Crippen LogP contribution is 2.23. The predicted molar refractivity (Wildman–Crippen MR) is 86.2 cm³/mol. The topological polar surface area (TPSA) is 98.7 Å². The third kappa shape index (κ3) is 3.92. The normalized spacial score (nSPS) is 21.1. The third-order valence-corrected chi connectivity index (χ3v) is 4.33. The van der Waals surface area contributed by atoms with Crippen LogP contribution in [0.5, 0.6) is 0 Å². The second-order valence-electron chi connectivity index (χ2n) is 5.96. The van der Waals surface area contributed by atoms with Gasteiger partial charge in [-0.25, -0.2) is 0 Å². The van der Waals surface area contributed by atoms with Crippen LogP contribution >= 0.6 is 0 Å².